The van der Waals surface area contributed by atoms with Crippen molar-refractivity contribution in [3.8, 4) is 23.0 Å². The van der Waals surface area contributed by atoms with Gasteiger partial charge in [-0.2, -0.15) is 10.2 Å². The van der Waals surface area contributed by atoms with Crippen molar-refractivity contribution in [3.05, 3.63) is 41.7 Å². The molecule has 1 amide bonds. The number of primary amides is 1. The minimum Gasteiger partial charge on any atom is -0.399 e. The van der Waals surface area contributed by atoms with Gasteiger partial charge in [-0.05, 0) is 41.3 Å². The molecule has 0 saturated heterocycles. The number of benzene rings is 2. The molecule has 0 aliphatic rings. The number of nitrogens with two attached hydrogens (primary N) is 2. The Labute approximate surface area is 153 Å². The SMILES string of the molecule is NC(=O)c1cc(-c2cc(N)cc3[nH]ncc23)cc2c(C#CCCO)[nH]nc12. The molecule has 0 aliphatic heterocycles. The van der Waals surface area contributed by atoms with Crippen LogP contribution in [0.4, 0.5) is 5.69 Å². The second kappa shape index (κ2) is 6.48. The van der Waals surface area contributed by atoms with Gasteiger partial charge in [-0.3, -0.25) is 15.0 Å². The number of aromatic nitrogens is 4. The zero-order chi connectivity index (χ0) is 19.0. The molecule has 0 atom stereocenters. The molecule has 0 spiro atoms. The fourth-order valence-electron chi connectivity index (χ4n) is 3.08. The number of nitrogens with zero attached hydrogens (tertiary/aromatic N) is 2. The first kappa shape index (κ1) is 16.6. The Morgan fingerprint density at radius 1 is 1.19 bits per heavy atom. The van der Waals surface area contributed by atoms with E-state index in [0.717, 1.165) is 22.0 Å². The Balaban J connectivity index is 2.01. The third-order valence-electron chi connectivity index (χ3n) is 4.27. The lowest BCUT2D eigenvalue weighted by atomic mass is 9.96. The van der Waals surface area contributed by atoms with Crippen molar-refractivity contribution in [1.29, 1.82) is 0 Å². The predicted molar refractivity (Wildman–Crippen MR) is 103 cm³/mol. The number of aliphatic hydroxyl groups excluding tert-OH is 1. The Kier molecular flexibility index (Phi) is 3.99. The van der Waals surface area contributed by atoms with E-state index in [-0.39, 0.29) is 12.2 Å². The second-order valence-electron chi connectivity index (χ2n) is 6.06. The van der Waals surface area contributed by atoms with Crippen LogP contribution in [-0.4, -0.2) is 38.0 Å². The summed E-state index contributed by atoms with van der Waals surface area (Å²) in [6, 6.07) is 7.19. The van der Waals surface area contributed by atoms with Gasteiger partial charge in [0.1, 0.15) is 11.2 Å². The molecule has 4 rings (SSSR count). The molecule has 0 bridgehead atoms. The molecule has 0 unspecified atom stereocenters. The Morgan fingerprint density at radius 3 is 2.81 bits per heavy atom. The number of aromatic amines is 2. The largest absolute Gasteiger partial charge is 0.399 e. The van der Waals surface area contributed by atoms with Crippen molar-refractivity contribution in [2.24, 2.45) is 5.73 Å². The predicted octanol–water partition coefficient (Wildman–Crippen LogP) is 1.52. The maximum atomic E-state index is 12.0. The molecule has 2 aromatic heterocycles. The zero-order valence-electron chi connectivity index (χ0n) is 14.2. The monoisotopic (exact) mass is 360 g/mol. The van der Waals surface area contributed by atoms with Crippen LogP contribution in [0.2, 0.25) is 0 Å². The Bertz CT molecular complexity index is 1240. The lowest BCUT2D eigenvalue weighted by Crippen LogP contribution is -2.11. The zero-order valence-corrected chi connectivity index (χ0v) is 14.2. The van der Waals surface area contributed by atoms with Crippen LogP contribution in [0.15, 0.2) is 30.5 Å². The normalized spacial score (nSPS) is 10.9. The highest BCUT2D eigenvalue weighted by Gasteiger charge is 2.17. The smallest absolute Gasteiger partial charge is 0.251 e. The first-order chi connectivity index (χ1) is 13.1. The van der Waals surface area contributed by atoms with Crippen molar-refractivity contribution in [3.63, 3.8) is 0 Å². The summed E-state index contributed by atoms with van der Waals surface area (Å²) in [6.45, 7) is -0.0291. The molecule has 4 aromatic rings. The number of fused-ring (bicyclic) bond motifs is 2. The van der Waals surface area contributed by atoms with E-state index in [9.17, 15) is 4.79 Å². The number of carbonyl (C=O) groups excluding carboxylic acids is 1. The third kappa shape index (κ3) is 2.86. The summed E-state index contributed by atoms with van der Waals surface area (Å²) in [5.41, 5.74) is 15.8. The summed E-state index contributed by atoms with van der Waals surface area (Å²) in [7, 11) is 0. The Morgan fingerprint density at radius 2 is 2.04 bits per heavy atom. The number of nitrogen functional groups attached to an aromatic ring is 1. The van der Waals surface area contributed by atoms with Crippen LogP contribution in [0, 0.1) is 11.8 Å². The highest BCUT2D eigenvalue weighted by Crippen LogP contribution is 2.34. The molecule has 0 aliphatic carbocycles. The van der Waals surface area contributed by atoms with Crippen LogP contribution in [-0.2, 0) is 0 Å². The topological polar surface area (TPSA) is 147 Å². The molecular weight excluding hydrogens is 344 g/mol. The molecule has 0 radical (unpaired) electrons. The lowest BCUT2D eigenvalue weighted by Gasteiger charge is -2.08. The first-order valence-electron chi connectivity index (χ1n) is 8.23. The molecule has 7 N–H and O–H groups in total. The van der Waals surface area contributed by atoms with Crippen LogP contribution >= 0.6 is 0 Å². The average Bonchev–Trinajstić information content (AvgIpc) is 3.27. The minimum absolute atomic E-state index is 0.0291. The third-order valence-corrected chi connectivity index (χ3v) is 4.27. The highest BCUT2D eigenvalue weighted by atomic mass is 16.2. The van der Waals surface area contributed by atoms with Gasteiger partial charge < -0.3 is 16.6 Å². The molecular formula is C19H16N6O2. The van der Waals surface area contributed by atoms with Crippen molar-refractivity contribution in [1.82, 2.24) is 20.4 Å². The van der Waals surface area contributed by atoms with Crippen molar-refractivity contribution in [2.45, 2.75) is 6.42 Å². The molecule has 0 saturated carbocycles. The van der Waals surface area contributed by atoms with Gasteiger partial charge in [0.15, 0.2) is 0 Å². The van der Waals surface area contributed by atoms with E-state index in [4.69, 9.17) is 16.6 Å². The van der Waals surface area contributed by atoms with E-state index in [1.807, 2.05) is 12.1 Å². The van der Waals surface area contributed by atoms with Gasteiger partial charge in [0.25, 0.3) is 5.91 Å². The maximum absolute atomic E-state index is 12.0. The first-order valence-corrected chi connectivity index (χ1v) is 8.23. The number of hydrogen-bond acceptors (Lipinski definition) is 5. The van der Waals surface area contributed by atoms with E-state index in [1.165, 1.54) is 0 Å². The molecule has 8 nitrogen and oxygen atoms in total. The number of carbonyl (C=O) groups is 1. The van der Waals surface area contributed by atoms with Crippen molar-refractivity contribution in [2.75, 3.05) is 12.3 Å². The van der Waals surface area contributed by atoms with Gasteiger partial charge >= 0.3 is 0 Å². The number of hydrogen-bond donors (Lipinski definition) is 5. The fourth-order valence-corrected chi connectivity index (χ4v) is 3.08. The second-order valence-corrected chi connectivity index (χ2v) is 6.06. The van der Waals surface area contributed by atoms with Crippen molar-refractivity contribution < 1.29 is 9.90 Å². The Hall–Kier alpha value is -3.83. The van der Waals surface area contributed by atoms with E-state index >= 15 is 0 Å². The number of H-pyrrole nitrogens is 2. The van der Waals surface area contributed by atoms with Crippen molar-refractivity contribution >= 4 is 33.4 Å². The molecule has 2 aromatic carbocycles. The van der Waals surface area contributed by atoms with Gasteiger partial charge in [-0.25, -0.2) is 0 Å². The summed E-state index contributed by atoms with van der Waals surface area (Å²) >= 11 is 0. The summed E-state index contributed by atoms with van der Waals surface area (Å²) in [5, 5.41) is 24.4. The minimum atomic E-state index is -0.587. The van der Waals surface area contributed by atoms with E-state index < -0.39 is 5.91 Å². The van der Waals surface area contributed by atoms with Gasteiger partial charge in [0, 0.05) is 22.9 Å². The molecule has 8 heteroatoms. The fraction of sp³-hybridized carbons (Fsp3) is 0.105. The number of amides is 1. The van der Waals surface area contributed by atoms with Crippen LogP contribution < -0.4 is 11.5 Å². The van der Waals surface area contributed by atoms with Gasteiger partial charge in [0.2, 0.25) is 0 Å². The summed E-state index contributed by atoms with van der Waals surface area (Å²) in [4.78, 5) is 12.0. The summed E-state index contributed by atoms with van der Waals surface area (Å²) in [5.74, 6) is 5.20. The highest BCUT2D eigenvalue weighted by molar-refractivity contribution is 6.09. The number of aliphatic hydroxyl groups is 1. The van der Waals surface area contributed by atoms with Gasteiger partial charge in [-0.1, -0.05) is 5.92 Å². The summed E-state index contributed by atoms with van der Waals surface area (Å²) < 4.78 is 0. The standard InChI is InChI=1S/C19H16N6O2/c20-11-7-12(15-9-22-23-17(15)8-11)10-5-13-16(3-1-2-4-26)24-25-18(13)14(6-10)19(21)27/h5-9,26H,2,4,20H2,(H2,21,27)(H,22,23)(H,24,25). The summed E-state index contributed by atoms with van der Waals surface area (Å²) in [6.07, 6.45) is 2.04. The van der Waals surface area contributed by atoms with E-state index in [0.29, 0.717) is 28.7 Å². The molecule has 0 fully saturated rings. The number of rotatable bonds is 3. The molecule has 134 valence electrons. The molecule has 27 heavy (non-hydrogen) atoms. The lowest BCUT2D eigenvalue weighted by molar-refractivity contribution is 0.100. The van der Waals surface area contributed by atoms with Crippen LogP contribution in [0.3, 0.4) is 0 Å². The van der Waals surface area contributed by atoms with E-state index in [1.54, 1.807) is 18.3 Å². The van der Waals surface area contributed by atoms with Crippen LogP contribution in [0.5, 0.6) is 0 Å². The number of nitrogens with one attached hydrogen (secondary N) is 2. The molecule has 2 heterocycles. The van der Waals surface area contributed by atoms with E-state index in [2.05, 4.69) is 32.2 Å². The van der Waals surface area contributed by atoms with Gasteiger partial charge in [-0.15, -0.1) is 0 Å². The number of anilines is 1. The van der Waals surface area contributed by atoms with Gasteiger partial charge in [0.05, 0.1) is 23.9 Å². The van der Waals surface area contributed by atoms with Crippen LogP contribution in [0.1, 0.15) is 22.5 Å². The maximum Gasteiger partial charge on any atom is 0.251 e. The quantitative estimate of drug-likeness (QED) is 0.278. The van der Waals surface area contributed by atoms with Crippen LogP contribution in [0.25, 0.3) is 32.9 Å². The average molecular weight is 360 g/mol.